The van der Waals surface area contributed by atoms with Crippen LogP contribution in [0.15, 0.2) is 42.5 Å². The first kappa shape index (κ1) is 24.2. The molecule has 3 saturated heterocycles. The van der Waals surface area contributed by atoms with Crippen molar-refractivity contribution in [2.75, 3.05) is 18.5 Å². The fourth-order valence-corrected chi connectivity index (χ4v) is 7.10. The number of carbonyl (C=O) groups is 3. The Labute approximate surface area is 212 Å². The second-order valence-corrected chi connectivity index (χ2v) is 10.6. The number of hydrogen-bond acceptors (Lipinski definition) is 6. The molecule has 1 spiro atoms. The molecular formula is C26H29BrN2O6. The molecule has 3 heterocycles. The van der Waals surface area contributed by atoms with Gasteiger partial charge in [-0.25, -0.2) is 0 Å². The average Bonchev–Trinajstić information content (AvgIpc) is 3.44. The molecule has 3 aliphatic rings. The Balaban J connectivity index is 1.54. The van der Waals surface area contributed by atoms with Gasteiger partial charge in [-0.1, -0.05) is 53.2 Å². The molecule has 0 aromatic heterocycles. The number of carbonyl (C=O) groups excluding carboxylic acids is 3. The predicted octanol–water partition coefficient (Wildman–Crippen LogP) is 2.86. The van der Waals surface area contributed by atoms with E-state index in [2.05, 4.69) is 21.2 Å². The predicted molar refractivity (Wildman–Crippen MR) is 133 cm³/mol. The van der Waals surface area contributed by atoms with Crippen LogP contribution in [0.2, 0.25) is 0 Å². The SMILES string of the molecule is CCOC(=O)[C@H]1[C@@H]2O[C@@]3(CC2Br)[C@@H]1C(=O)N([C@@H](CC)CO)[C@@H]3C(=O)Nc1ccc2ccccc2c1. The van der Waals surface area contributed by atoms with Crippen molar-refractivity contribution in [2.24, 2.45) is 11.8 Å². The number of hydrogen-bond donors (Lipinski definition) is 2. The smallest absolute Gasteiger partial charge is 0.312 e. The highest BCUT2D eigenvalue weighted by Crippen LogP contribution is 2.60. The van der Waals surface area contributed by atoms with Crippen molar-refractivity contribution < 1.29 is 29.0 Å². The normalized spacial score (nSPS) is 32.1. The maximum absolute atomic E-state index is 13.9. The molecule has 9 heteroatoms. The van der Waals surface area contributed by atoms with Crippen molar-refractivity contribution in [3.05, 3.63) is 42.5 Å². The summed E-state index contributed by atoms with van der Waals surface area (Å²) in [5, 5.41) is 15.1. The molecule has 5 rings (SSSR count). The maximum Gasteiger partial charge on any atom is 0.312 e. The number of halogens is 1. The lowest BCUT2D eigenvalue weighted by Gasteiger charge is -2.36. The lowest BCUT2D eigenvalue weighted by Crippen LogP contribution is -2.56. The second-order valence-electron chi connectivity index (χ2n) is 9.46. The molecule has 3 fully saturated rings. The minimum atomic E-state index is -1.18. The van der Waals surface area contributed by atoms with Crippen LogP contribution >= 0.6 is 15.9 Å². The summed E-state index contributed by atoms with van der Waals surface area (Å²) >= 11 is 3.62. The third-order valence-electron chi connectivity index (χ3n) is 7.63. The number of likely N-dealkylation sites (tertiary alicyclic amines) is 1. The number of nitrogens with one attached hydrogen (secondary N) is 1. The number of anilines is 1. The number of aliphatic hydroxyl groups is 1. The van der Waals surface area contributed by atoms with Gasteiger partial charge >= 0.3 is 5.97 Å². The maximum atomic E-state index is 13.9. The van der Waals surface area contributed by atoms with Gasteiger partial charge in [0.1, 0.15) is 11.6 Å². The number of aliphatic hydroxyl groups excluding tert-OH is 1. The summed E-state index contributed by atoms with van der Waals surface area (Å²) in [4.78, 5) is 41.9. The Kier molecular flexibility index (Phi) is 6.35. The van der Waals surface area contributed by atoms with Gasteiger partial charge in [0.25, 0.3) is 0 Å². The lowest BCUT2D eigenvalue weighted by molar-refractivity contribution is -0.155. The van der Waals surface area contributed by atoms with Crippen LogP contribution in [0.25, 0.3) is 10.8 Å². The molecule has 2 N–H and O–H groups in total. The summed E-state index contributed by atoms with van der Waals surface area (Å²) in [5.41, 5.74) is -0.584. The Hall–Kier alpha value is -2.49. The summed E-state index contributed by atoms with van der Waals surface area (Å²) in [6.45, 7) is 3.46. The number of rotatable bonds is 7. The topological polar surface area (TPSA) is 105 Å². The lowest BCUT2D eigenvalue weighted by atomic mass is 9.70. The first-order valence-electron chi connectivity index (χ1n) is 12.1. The zero-order chi connectivity index (χ0) is 24.9. The molecule has 7 atom stereocenters. The van der Waals surface area contributed by atoms with Crippen molar-refractivity contribution in [1.82, 2.24) is 4.90 Å². The third-order valence-corrected chi connectivity index (χ3v) is 8.47. The van der Waals surface area contributed by atoms with Crippen LogP contribution in [0, 0.1) is 11.8 Å². The van der Waals surface area contributed by atoms with Crippen LogP contribution < -0.4 is 5.32 Å². The Morgan fingerprint density at radius 2 is 2.00 bits per heavy atom. The van der Waals surface area contributed by atoms with Gasteiger partial charge in [-0.2, -0.15) is 0 Å². The molecule has 8 nitrogen and oxygen atoms in total. The van der Waals surface area contributed by atoms with Crippen LogP contribution in [0.4, 0.5) is 5.69 Å². The standard InChI is InChI=1S/C26H29BrN2O6/c1-3-17(13-30)29-22(23(31)28-16-10-9-14-7-5-6-8-15(14)11-16)26-12-18(27)21(35-26)19(20(26)24(29)32)25(33)34-4-2/h5-11,17-22,30H,3-4,12-13H2,1-2H3,(H,28,31)/t17-,18?,19+,20-,21+,22+,26-/m0/s1. The molecule has 186 valence electrons. The van der Waals surface area contributed by atoms with E-state index in [1.807, 2.05) is 49.4 Å². The molecule has 0 radical (unpaired) electrons. The molecule has 2 amide bonds. The van der Waals surface area contributed by atoms with E-state index in [1.54, 1.807) is 6.92 Å². The molecular weight excluding hydrogens is 516 g/mol. The fraction of sp³-hybridized carbons (Fsp3) is 0.500. The molecule has 0 aliphatic carbocycles. The van der Waals surface area contributed by atoms with Gasteiger partial charge in [-0.15, -0.1) is 0 Å². The fourth-order valence-electron chi connectivity index (χ4n) is 6.16. The van der Waals surface area contributed by atoms with E-state index in [1.165, 1.54) is 4.90 Å². The average molecular weight is 545 g/mol. The van der Waals surface area contributed by atoms with Crippen molar-refractivity contribution in [1.29, 1.82) is 0 Å². The van der Waals surface area contributed by atoms with Crippen LogP contribution in [0.5, 0.6) is 0 Å². The van der Waals surface area contributed by atoms with E-state index in [-0.39, 0.29) is 23.9 Å². The van der Waals surface area contributed by atoms with Gasteiger partial charge in [0.05, 0.1) is 37.2 Å². The Bertz CT molecular complexity index is 1170. The van der Waals surface area contributed by atoms with Crippen LogP contribution in [0.3, 0.4) is 0 Å². The monoisotopic (exact) mass is 544 g/mol. The van der Waals surface area contributed by atoms with Gasteiger partial charge in [0, 0.05) is 10.5 Å². The Morgan fingerprint density at radius 3 is 2.69 bits per heavy atom. The number of esters is 1. The first-order chi connectivity index (χ1) is 16.9. The number of ether oxygens (including phenoxy) is 2. The van der Waals surface area contributed by atoms with Crippen molar-refractivity contribution in [2.45, 2.75) is 55.3 Å². The van der Waals surface area contributed by atoms with E-state index in [4.69, 9.17) is 9.47 Å². The molecule has 35 heavy (non-hydrogen) atoms. The van der Waals surface area contributed by atoms with E-state index >= 15 is 0 Å². The zero-order valence-electron chi connectivity index (χ0n) is 19.6. The number of nitrogens with zero attached hydrogens (tertiary/aromatic N) is 1. The number of benzene rings is 2. The first-order valence-corrected chi connectivity index (χ1v) is 13.0. The molecule has 2 bridgehead atoms. The number of fused-ring (bicyclic) bond motifs is 2. The van der Waals surface area contributed by atoms with Gasteiger partial charge < -0.3 is 24.8 Å². The van der Waals surface area contributed by atoms with Gasteiger partial charge in [-0.3, -0.25) is 14.4 Å². The largest absolute Gasteiger partial charge is 0.466 e. The number of amides is 2. The summed E-state index contributed by atoms with van der Waals surface area (Å²) < 4.78 is 11.7. The quantitative estimate of drug-likeness (QED) is 0.410. The molecule has 1 unspecified atom stereocenters. The minimum absolute atomic E-state index is 0.187. The molecule has 3 aliphatic heterocycles. The van der Waals surface area contributed by atoms with Gasteiger partial charge in [0.2, 0.25) is 11.8 Å². The highest BCUT2D eigenvalue weighted by Gasteiger charge is 2.77. The summed E-state index contributed by atoms with van der Waals surface area (Å²) in [6, 6.07) is 11.9. The van der Waals surface area contributed by atoms with Crippen LogP contribution in [0.1, 0.15) is 26.7 Å². The van der Waals surface area contributed by atoms with Crippen LogP contribution in [-0.2, 0) is 23.9 Å². The summed E-state index contributed by atoms with van der Waals surface area (Å²) in [6.07, 6.45) is 0.295. The summed E-state index contributed by atoms with van der Waals surface area (Å²) in [5.74, 6) is -2.88. The van der Waals surface area contributed by atoms with Crippen molar-refractivity contribution in [3.63, 3.8) is 0 Å². The highest BCUT2D eigenvalue weighted by molar-refractivity contribution is 9.09. The minimum Gasteiger partial charge on any atom is -0.466 e. The third kappa shape index (κ3) is 3.67. The van der Waals surface area contributed by atoms with Crippen molar-refractivity contribution in [3.8, 4) is 0 Å². The summed E-state index contributed by atoms with van der Waals surface area (Å²) in [7, 11) is 0. The van der Waals surface area contributed by atoms with Crippen LogP contribution in [-0.4, -0.2) is 69.6 Å². The Morgan fingerprint density at radius 1 is 1.26 bits per heavy atom. The molecule has 2 aromatic carbocycles. The van der Waals surface area contributed by atoms with E-state index in [0.29, 0.717) is 18.5 Å². The number of alkyl halides is 1. The zero-order valence-corrected chi connectivity index (χ0v) is 21.2. The second kappa shape index (κ2) is 9.19. The van der Waals surface area contributed by atoms with Crippen molar-refractivity contribution >= 4 is 50.2 Å². The van der Waals surface area contributed by atoms with E-state index in [9.17, 15) is 19.5 Å². The highest BCUT2D eigenvalue weighted by atomic mass is 79.9. The molecule has 2 aromatic rings. The van der Waals surface area contributed by atoms with Gasteiger partial charge in [-0.05, 0) is 42.7 Å². The van der Waals surface area contributed by atoms with E-state index in [0.717, 1.165) is 10.8 Å². The van der Waals surface area contributed by atoms with E-state index < -0.39 is 47.5 Å². The van der Waals surface area contributed by atoms with Gasteiger partial charge in [0.15, 0.2) is 0 Å². The molecule has 0 saturated carbocycles.